The summed E-state index contributed by atoms with van der Waals surface area (Å²) in [7, 11) is 0. The van der Waals surface area contributed by atoms with Gasteiger partial charge in [0.15, 0.2) is 0 Å². The molecule has 3 N–H and O–H groups in total. The molecule has 5 nitrogen and oxygen atoms in total. The van der Waals surface area contributed by atoms with Crippen molar-refractivity contribution in [1.29, 1.82) is 0 Å². The van der Waals surface area contributed by atoms with E-state index in [1.807, 2.05) is 12.1 Å². The number of benzene rings is 1. The van der Waals surface area contributed by atoms with Crippen LogP contribution in [0.1, 0.15) is 6.92 Å². The quantitative estimate of drug-likeness (QED) is 0.727. The second kappa shape index (κ2) is 5.05. The van der Waals surface area contributed by atoms with E-state index < -0.39 is 0 Å². The van der Waals surface area contributed by atoms with E-state index in [1.54, 1.807) is 6.07 Å². The summed E-state index contributed by atoms with van der Waals surface area (Å²) in [5.74, 6) is 0.635. The number of fused-ring (bicyclic) bond motifs is 1. The number of nitrogens with zero attached hydrogens (tertiary/aromatic N) is 1. The Morgan fingerprint density at radius 1 is 1.47 bits per heavy atom. The van der Waals surface area contributed by atoms with Crippen molar-refractivity contribution in [2.24, 2.45) is 0 Å². The third-order valence-electron chi connectivity index (χ3n) is 2.24. The van der Waals surface area contributed by atoms with Crippen molar-refractivity contribution < 1.29 is 4.79 Å². The van der Waals surface area contributed by atoms with Crippen LogP contribution in [0.25, 0.3) is 11.0 Å². The first-order valence-electron chi connectivity index (χ1n) is 5.29. The molecule has 1 heterocycles. The lowest BCUT2D eigenvalue weighted by molar-refractivity contribution is -0.118. The van der Waals surface area contributed by atoms with Gasteiger partial charge < -0.3 is 15.6 Å². The van der Waals surface area contributed by atoms with Crippen molar-refractivity contribution in [3.05, 3.63) is 23.2 Å². The van der Waals surface area contributed by atoms with Crippen LogP contribution in [0.4, 0.5) is 5.95 Å². The van der Waals surface area contributed by atoms with E-state index in [-0.39, 0.29) is 5.91 Å². The molecule has 2 rings (SSSR count). The van der Waals surface area contributed by atoms with Crippen molar-refractivity contribution in [2.45, 2.75) is 6.92 Å². The number of halogens is 1. The highest BCUT2D eigenvalue weighted by Crippen LogP contribution is 2.18. The minimum atomic E-state index is -0.0387. The number of rotatable bonds is 4. The first-order valence-corrected chi connectivity index (χ1v) is 5.66. The largest absolute Gasteiger partial charge is 0.355 e. The van der Waals surface area contributed by atoms with Crippen molar-refractivity contribution in [2.75, 3.05) is 18.4 Å². The van der Waals surface area contributed by atoms with Crippen LogP contribution in [0.5, 0.6) is 0 Å². The van der Waals surface area contributed by atoms with Gasteiger partial charge in [-0.25, -0.2) is 4.98 Å². The highest BCUT2D eigenvalue weighted by molar-refractivity contribution is 6.31. The summed E-state index contributed by atoms with van der Waals surface area (Å²) >= 11 is 5.87. The second-order valence-corrected chi connectivity index (χ2v) is 4.09. The Kier molecular flexibility index (Phi) is 3.49. The van der Waals surface area contributed by atoms with Crippen molar-refractivity contribution in [3.8, 4) is 0 Å². The number of nitrogens with one attached hydrogen (secondary N) is 3. The fraction of sp³-hybridized carbons (Fsp3) is 0.273. The molecule has 0 atom stereocenters. The minimum Gasteiger partial charge on any atom is -0.355 e. The van der Waals surface area contributed by atoms with E-state index >= 15 is 0 Å². The van der Waals surface area contributed by atoms with Gasteiger partial charge in [0.25, 0.3) is 0 Å². The fourth-order valence-electron chi connectivity index (χ4n) is 1.48. The zero-order valence-corrected chi connectivity index (χ0v) is 10.1. The molecule has 0 spiro atoms. The van der Waals surface area contributed by atoms with Gasteiger partial charge >= 0.3 is 0 Å². The van der Waals surface area contributed by atoms with Crippen LogP contribution < -0.4 is 10.6 Å². The van der Waals surface area contributed by atoms with Gasteiger partial charge in [-0.3, -0.25) is 4.79 Å². The van der Waals surface area contributed by atoms with Gasteiger partial charge in [0.2, 0.25) is 11.9 Å². The predicted octanol–water partition coefficient (Wildman–Crippen LogP) is 1.76. The lowest BCUT2D eigenvalue weighted by atomic mass is 10.3. The third-order valence-corrected chi connectivity index (χ3v) is 2.47. The molecule has 0 saturated carbocycles. The molecule has 0 bridgehead atoms. The number of H-pyrrole nitrogens is 1. The fourth-order valence-corrected chi connectivity index (χ4v) is 1.66. The second-order valence-electron chi connectivity index (χ2n) is 3.66. The predicted molar refractivity (Wildman–Crippen MR) is 68.3 cm³/mol. The number of imidazole rings is 1. The summed E-state index contributed by atoms with van der Waals surface area (Å²) in [5.41, 5.74) is 1.75. The molecule has 0 aliphatic carbocycles. The van der Waals surface area contributed by atoms with E-state index in [4.69, 9.17) is 11.6 Å². The number of hydrogen-bond acceptors (Lipinski definition) is 3. The molecular formula is C11H13ClN4O. The van der Waals surface area contributed by atoms with E-state index in [0.29, 0.717) is 24.1 Å². The summed E-state index contributed by atoms with van der Waals surface area (Å²) in [6.45, 7) is 2.67. The maximum absolute atomic E-state index is 10.7. The van der Waals surface area contributed by atoms with Gasteiger partial charge in [-0.2, -0.15) is 0 Å². The highest BCUT2D eigenvalue weighted by atomic mass is 35.5. The Balaban J connectivity index is 1.97. The lowest BCUT2D eigenvalue weighted by Gasteiger charge is -2.02. The van der Waals surface area contributed by atoms with Gasteiger partial charge in [0, 0.05) is 25.0 Å². The Morgan fingerprint density at radius 2 is 2.29 bits per heavy atom. The summed E-state index contributed by atoms with van der Waals surface area (Å²) in [6.07, 6.45) is 0. The van der Waals surface area contributed by atoms with Crippen molar-refractivity contribution >= 4 is 34.5 Å². The van der Waals surface area contributed by atoms with Crippen LogP contribution in [-0.2, 0) is 4.79 Å². The number of carbonyl (C=O) groups excluding carboxylic acids is 1. The number of aromatic amines is 1. The van der Waals surface area contributed by atoms with Crippen LogP contribution in [0.15, 0.2) is 18.2 Å². The Bertz CT molecular complexity index is 537. The van der Waals surface area contributed by atoms with Crippen LogP contribution in [0.3, 0.4) is 0 Å². The molecule has 1 amide bonds. The number of anilines is 1. The standard InChI is InChI=1S/C11H13ClN4O/c1-7(17)13-4-5-14-11-15-9-3-2-8(12)6-10(9)16-11/h2-3,6H,4-5H2,1H3,(H,13,17)(H2,14,15,16). The summed E-state index contributed by atoms with van der Waals surface area (Å²) < 4.78 is 0. The van der Waals surface area contributed by atoms with Crippen molar-refractivity contribution in [3.63, 3.8) is 0 Å². The maximum Gasteiger partial charge on any atom is 0.216 e. The van der Waals surface area contributed by atoms with Gasteiger partial charge in [0.05, 0.1) is 11.0 Å². The maximum atomic E-state index is 10.7. The summed E-state index contributed by atoms with van der Waals surface area (Å²) in [6, 6.07) is 5.47. The molecule has 0 radical (unpaired) electrons. The van der Waals surface area contributed by atoms with E-state index in [2.05, 4.69) is 20.6 Å². The smallest absolute Gasteiger partial charge is 0.216 e. The molecule has 0 aliphatic rings. The summed E-state index contributed by atoms with van der Waals surface area (Å²) in [4.78, 5) is 18.1. The SMILES string of the molecule is CC(=O)NCCNc1nc2ccc(Cl)cc2[nH]1. The third kappa shape index (κ3) is 3.10. The summed E-state index contributed by atoms with van der Waals surface area (Å²) in [5, 5.41) is 6.45. The van der Waals surface area contributed by atoms with Gasteiger partial charge in [-0.1, -0.05) is 11.6 Å². The molecular weight excluding hydrogens is 240 g/mol. The van der Waals surface area contributed by atoms with E-state index in [1.165, 1.54) is 6.92 Å². The highest BCUT2D eigenvalue weighted by Gasteiger charge is 2.02. The van der Waals surface area contributed by atoms with Crippen LogP contribution >= 0.6 is 11.6 Å². The number of carbonyl (C=O) groups is 1. The zero-order valence-electron chi connectivity index (χ0n) is 9.38. The monoisotopic (exact) mass is 252 g/mol. The molecule has 2 aromatic rings. The van der Waals surface area contributed by atoms with Crippen LogP contribution in [-0.4, -0.2) is 29.0 Å². The average molecular weight is 253 g/mol. The minimum absolute atomic E-state index is 0.0387. The van der Waals surface area contributed by atoms with Crippen molar-refractivity contribution in [1.82, 2.24) is 15.3 Å². The Hall–Kier alpha value is -1.75. The van der Waals surface area contributed by atoms with E-state index in [9.17, 15) is 4.79 Å². The molecule has 17 heavy (non-hydrogen) atoms. The molecule has 1 aromatic heterocycles. The first-order chi connectivity index (χ1) is 8.15. The van der Waals surface area contributed by atoms with E-state index in [0.717, 1.165) is 11.0 Å². The number of aromatic nitrogens is 2. The Labute approximate surface area is 104 Å². The lowest BCUT2D eigenvalue weighted by Crippen LogP contribution is -2.26. The van der Waals surface area contributed by atoms with Gasteiger partial charge in [-0.15, -0.1) is 0 Å². The van der Waals surface area contributed by atoms with Gasteiger partial charge in [0.1, 0.15) is 0 Å². The normalized spacial score (nSPS) is 10.5. The molecule has 0 saturated heterocycles. The molecule has 90 valence electrons. The van der Waals surface area contributed by atoms with Crippen LogP contribution in [0.2, 0.25) is 5.02 Å². The van der Waals surface area contributed by atoms with Gasteiger partial charge in [-0.05, 0) is 18.2 Å². The zero-order chi connectivity index (χ0) is 12.3. The topological polar surface area (TPSA) is 69.8 Å². The molecule has 0 fully saturated rings. The average Bonchev–Trinajstić information content (AvgIpc) is 2.66. The molecule has 0 unspecified atom stereocenters. The Morgan fingerprint density at radius 3 is 3.06 bits per heavy atom. The number of amides is 1. The molecule has 6 heteroatoms. The number of hydrogen-bond donors (Lipinski definition) is 3. The van der Waals surface area contributed by atoms with Crippen LogP contribution in [0, 0.1) is 0 Å². The molecule has 1 aromatic carbocycles. The molecule has 0 aliphatic heterocycles. The first kappa shape index (κ1) is 11.7.